The van der Waals surface area contributed by atoms with Gasteiger partial charge in [-0.1, -0.05) is 0 Å². The minimum Gasteiger partial charge on any atom is -0.208 e. The summed E-state index contributed by atoms with van der Waals surface area (Å²) in [5.41, 5.74) is -0.462. The first-order valence-corrected chi connectivity index (χ1v) is 4.04. The van der Waals surface area contributed by atoms with Gasteiger partial charge in [-0.05, 0) is 11.1 Å². The summed E-state index contributed by atoms with van der Waals surface area (Å²) in [7, 11) is 2.76. The molecule has 2 aromatic rings. The SMILES string of the molecule is [2H]c1c(-c2c([2H])c([2H])[n+](C)c([2H])c2[2H])c([2H])c([2H])[n+](C)c1[2H]. The average Bonchev–Trinajstić information content (AvgIpc) is 2.50. The zero-order valence-corrected chi connectivity index (χ0v) is 7.89. The van der Waals surface area contributed by atoms with Gasteiger partial charge in [0.25, 0.3) is 0 Å². The third-order valence-electron chi connectivity index (χ3n) is 1.64. The van der Waals surface area contributed by atoms with Crippen LogP contribution < -0.4 is 9.13 Å². The molecule has 0 N–H and O–H groups in total. The molecule has 0 radical (unpaired) electrons. The average molecular weight is 194 g/mol. The summed E-state index contributed by atoms with van der Waals surface area (Å²) >= 11 is 0. The Balaban J connectivity index is 3.03. The highest BCUT2D eigenvalue weighted by molar-refractivity contribution is 5.60. The Bertz CT molecular complexity index is 677. The number of hydrogen-bond donors (Lipinski definition) is 0. The number of nitrogens with zero attached hydrogens (tertiary/aromatic N) is 2. The molecular formula is C12H14N2+2. The molecule has 0 aromatic carbocycles. The van der Waals surface area contributed by atoms with E-state index in [1.165, 1.54) is 14.1 Å². The maximum atomic E-state index is 7.99. The van der Waals surface area contributed by atoms with E-state index in [2.05, 4.69) is 0 Å². The first-order valence-electron chi connectivity index (χ1n) is 8.04. The van der Waals surface area contributed by atoms with Crippen LogP contribution in [0.15, 0.2) is 48.9 Å². The van der Waals surface area contributed by atoms with E-state index in [4.69, 9.17) is 11.0 Å². The normalized spacial score (nSPS) is 18.1. The molecule has 0 atom stereocenters. The Morgan fingerprint density at radius 2 is 1.07 bits per heavy atom. The second-order valence-electron chi connectivity index (χ2n) is 2.82. The van der Waals surface area contributed by atoms with Crippen LogP contribution in [0, 0.1) is 0 Å². The van der Waals surface area contributed by atoms with Crippen LogP contribution in [0.2, 0.25) is 0 Å². The van der Waals surface area contributed by atoms with Crippen molar-refractivity contribution in [1.82, 2.24) is 0 Å². The zero-order chi connectivity index (χ0) is 16.9. The third-order valence-corrected chi connectivity index (χ3v) is 1.64. The zero-order valence-electron chi connectivity index (χ0n) is 15.9. The molecule has 0 aliphatic heterocycles. The standard InChI is InChI=1S/C12H14N2/c1-13-7-3-11(4-8-13)12-5-9-14(2)10-6-12/h3-10H,1-2H3/q+2/i3D,4D,5D,6D,7D,8D,9D,10D. The molecule has 14 heavy (non-hydrogen) atoms. The molecule has 2 heteroatoms. The van der Waals surface area contributed by atoms with Gasteiger partial charge in [-0.3, -0.25) is 0 Å². The van der Waals surface area contributed by atoms with Crippen LogP contribution in [0.25, 0.3) is 11.1 Å². The van der Waals surface area contributed by atoms with Crippen LogP contribution in [0.3, 0.4) is 0 Å². The molecule has 2 aromatic heterocycles. The van der Waals surface area contributed by atoms with Gasteiger partial charge in [-0.2, -0.15) is 0 Å². The van der Waals surface area contributed by atoms with Gasteiger partial charge in [-0.15, -0.1) is 0 Å². The Morgan fingerprint density at radius 1 is 0.786 bits per heavy atom. The van der Waals surface area contributed by atoms with Gasteiger partial charge >= 0.3 is 0 Å². The molecule has 0 spiro atoms. The molecule has 0 fully saturated rings. The van der Waals surface area contributed by atoms with Crippen LogP contribution >= 0.6 is 0 Å². The topological polar surface area (TPSA) is 7.76 Å². The predicted octanol–water partition coefficient (Wildman–Crippen LogP) is 1.00. The van der Waals surface area contributed by atoms with Crippen molar-refractivity contribution in [3.05, 3.63) is 48.9 Å². The summed E-state index contributed by atoms with van der Waals surface area (Å²) in [5, 5.41) is 0. The maximum Gasteiger partial charge on any atom is 0.169 e. The van der Waals surface area contributed by atoms with Gasteiger partial charge in [-0.25, -0.2) is 9.13 Å². The molecule has 70 valence electrons. The molecule has 0 aliphatic carbocycles. The molecule has 0 aliphatic rings. The molecule has 0 saturated heterocycles. The van der Waals surface area contributed by atoms with Crippen molar-refractivity contribution in [2.24, 2.45) is 14.1 Å². The van der Waals surface area contributed by atoms with Crippen LogP contribution in [-0.4, -0.2) is 0 Å². The monoisotopic (exact) mass is 194 g/mol. The predicted molar refractivity (Wildman–Crippen MR) is 54.2 cm³/mol. The largest absolute Gasteiger partial charge is 0.208 e. The highest BCUT2D eigenvalue weighted by atomic mass is 14.9. The van der Waals surface area contributed by atoms with Gasteiger partial charge in [0.2, 0.25) is 0 Å². The van der Waals surface area contributed by atoms with Crippen molar-refractivity contribution in [3.8, 4) is 11.1 Å². The van der Waals surface area contributed by atoms with Crippen LogP contribution in [0.5, 0.6) is 0 Å². The Morgan fingerprint density at radius 3 is 1.36 bits per heavy atom. The van der Waals surface area contributed by atoms with Crippen molar-refractivity contribution in [1.29, 1.82) is 0 Å². The first-order chi connectivity index (χ1) is 10.1. The third kappa shape index (κ3) is 1.79. The lowest BCUT2D eigenvalue weighted by molar-refractivity contribution is -0.671. The second kappa shape index (κ2) is 3.58. The number of pyridine rings is 2. The quantitative estimate of drug-likeness (QED) is 0.598. The molecule has 0 saturated carbocycles. The fourth-order valence-corrected chi connectivity index (χ4v) is 0.927. The van der Waals surface area contributed by atoms with Crippen LogP contribution in [0.1, 0.15) is 11.0 Å². The Labute approximate surface area is 95.3 Å². The molecule has 0 unspecified atom stereocenters. The van der Waals surface area contributed by atoms with Crippen LogP contribution in [0.4, 0.5) is 0 Å². The summed E-state index contributed by atoms with van der Waals surface area (Å²) in [5.74, 6) is 0. The van der Waals surface area contributed by atoms with Crippen molar-refractivity contribution >= 4 is 0 Å². The lowest BCUT2D eigenvalue weighted by Gasteiger charge is -1.97. The van der Waals surface area contributed by atoms with Crippen LogP contribution in [-0.2, 0) is 14.1 Å². The summed E-state index contributed by atoms with van der Waals surface area (Å²) < 4.78 is 65.3. The summed E-state index contributed by atoms with van der Waals surface area (Å²) in [6.07, 6.45) is -1.33. The fraction of sp³-hybridized carbons (Fsp3) is 0.167. The van der Waals surface area contributed by atoms with Crippen molar-refractivity contribution < 1.29 is 20.1 Å². The minimum atomic E-state index is -0.404. The fourth-order valence-electron chi connectivity index (χ4n) is 0.927. The lowest BCUT2D eigenvalue weighted by Crippen LogP contribution is -2.26. The molecule has 0 bridgehead atoms. The van der Waals surface area contributed by atoms with E-state index in [1.807, 2.05) is 0 Å². The smallest absolute Gasteiger partial charge is 0.169 e. The molecule has 0 amide bonds. The maximum absolute atomic E-state index is 7.99. The number of aromatic nitrogens is 2. The highest BCUT2D eigenvalue weighted by Crippen LogP contribution is 2.14. The second-order valence-corrected chi connectivity index (χ2v) is 2.82. The number of rotatable bonds is 1. The summed E-state index contributed by atoms with van der Waals surface area (Å²) in [4.78, 5) is 0. The van der Waals surface area contributed by atoms with E-state index in [9.17, 15) is 0 Å². The van der Waals surface area contributed by atoms with E-state index in [0.29, 0.717) is 0 Å². The van der Waals surface area contributed by atoms with E-state index >= 15 is 0 Å². The molecule has 2 heterocycles. The first kappa shape index (κ1) is 3.46. The van der Waals surface area contributed by atoms with Crippen molar-refractivity contribution in [2.45, 2.75) is 0 Å². The summed E-state index contributed by atoms with van der Waals surface area (Å²) in [6.45, 7) is 0. The summed E-state index contributed by atoms with van der Waals surface area (Å²) in [6, 6.07) is -1.62. The van der Waals surface area contributed by atoms with E-state index in [1.54, 1.807) is 0 Å². The number of hydrogen-bond acceptors (Lipinski definition) is 0. The van der Waals surface area contributed by atoms with Gasteiger partial charge in [0.15, 0.2) is 24.7 Å². The lowest BCUT2D eigenvalue weighted by atomic mass is 10.1. The van der Waals surface area contributed by atoms with Gasteiger partial charge in [0.1, 0.15) is 19.6 Å². The van der Waals surface area contributed by atoms with E-state index < -0.39 is 24.2 Å². The molecule has 2 nitrogen and oxygen atoms in total. The molecule has 2 rings (SSSR count). The van der Waals surface area contributed by atoms with Crippen molar-refractivity contribution in [3.63, 3.8) is 0 Å². The van der Waals surface area contributed by atoms with E-state index in [0.717, 1.165) is 9.13 Å². The highest BCUT2D eigenvalue weighted by Gasteiger charge is 2.00. The van der Waals surface area contributed by atoms with E-state index in [-0.39, 0.29) is 35.8 Å². The Hall–Kier alpha value is -1.70. The van der Waals surface area contributed by atoms with Crippen molar-refractivity contribution in [2.75, 3.05) is 0 Å². The van der Waals surface area contributed by atoms with Gasteiger partial charge in [0.05, 0.1) is 5.48 Å². The Kier molecular flexibility index (Phi) is 0.885. The van der Waals surface area contributed by atoms with Gasteiger partial charge in [0, 0.05) is 24.2 Å². The molecular weight excluding hydrogens is 172 g/mol. The van der Waals surface area contributed by atoms with Gasteiger partial charge < -0.3 is 0 Å². The minimum absolute atomic E-state index is 0.231.